The van der Waals surface area contributed by atoms with Crippen LogP contribution in [0.15, 0.2) is 30.5 Å². The molecule has 3 aromatic rings. The Labute approximate surface area is 124 Å². The van der Waals surface area contributed by atoms with Crippen LogP contribution in [0.1, 0.15) is 22.4 Å². The summed E-state index contributed by atoms with van der Waals surface area (Å²) in [6.07, 6.45) is 3.00. The Bertz CT molecular complexity index is 859. The van der Waals surface area contributed by atoms with E-state index >= 15 is 0 Å². The van der Waals surface area contributed by atoms with Crippen LogP contribution in [0.4, 0.5) is 5.69 Å². The summed E-state index contributed by atoms with van der Waals surface area (Å²) in [5.74, 6) is 0. The molecule has 3 nitrogen and oxygen atoms in total. The number of fused-ring (bicyclic) bond motifs is 2. The maximum absolute atomic E-state index is 4.61. The SMILES string of the molecule is Cc1cc(-n2c(C)cc3c(C)ccnc32)cc2c1NCC2. The summed E-state index contributed by atoms with van der Waals surface area (Å²) >= 11 is 0. The minimum Gasteiger partial charge on any atom is -0.384 e. The Balaban J connectivity index is 2.01. The van der Waals surface area contributed by atoms with Gasteiger partial charge in [-0.3, -0.25) is 4.57 Å². The lowest BCUT2D eigenvalue weighted by atomic mass is 10.1. The first kappa shape index (κ1) is 12.5. The van der Waals surface area contributed by atoms with Gasteiger partial charge in [0.05, 0.1) is 0 Å². The van der Waals surface area contributed by atoms with Crippen LogP contribution in [0.5, 0.6) is 0 Å². The molecule has 2 aromatic heterocycles. The highest BCUT2D eigenvalue weighted by Crippen LogP contribution is 2.32. The van der Waals surface area contributed by atoms with Gasteiger partial charge in [0.1, 0.15) is 5.65 Å². The molecule has 0 atom stereocenters. The van der Waals surface area contributed by atoms with Crippen molar-refractivity contribution in [2.24, 2.45) is 0 Å². The maximum Gasteiger partial charge on any atom is 0.144 e. The van der Waals surface area contributed by atoms with E-state index in [1.165, 1.54) is 39.1 Å². The lowest BCUT2D eigenvalue weighted by molar-refractivity contribution is 1.02. The van der Waals surface area contributed by atoms with Crippen molar-refractivity contribution in [3.05, 3.63) is 52.8 Å². The third-order valence-corrected chi connectivity index (χ3v) is 4.46. The second-order valence-corrected chi connectivity index (χ2v) is 5.96. The monoisotopic (exact) mass is 277 g/mol. The van der Waals surface area contributed by atoms with Crippen LogP contribution in [0.3, 0.4) is 0 Å². The standard InChI is InChI=1S/C18H19N3/c1-11-4-6-20-18-16(11)9-13(3)21(18)15-8-12(2)17-14(10-15)5-7-19-17/h4,6,8-10,19H,5,7H2,1-3H3. The van der Waals surface area contributed by atoms with E-state index in [1.807, 2.05) is 6.20 Å². The topological polar surface area (TPSA) is 29.9 Å². The first-order valence-corrected chi connectivity index (χ1v) is 7.46. The summed E-state index contributed by atoms with van der Waals surface area (Å²) in [6.45, 7) is 7.52. The van der Waals surface area contributed by atoms with Crippen LogP contribution in [-0.4, -0.2) is 16.1 Å². The van der Waals surface area contributed by atoms with Gasteiger partial charge in [0.15, 0.2) is 0 Å². The van der Waals surface area contributed by atoms with Gasteiger partial charge in [-0.2, -0.15) is 0 Å². The first-order valence-electron chi connectivity index (χ1n) is 7.46. The number of pyridine rings is 1. The van der Waals surface area contributed by atoms with Crippen molar-refractivity contribution in [3.63, 3.8) is 0 Å². The molecule has 1 aliphatic rings. The molecule has 106 valence electrons. The number of benzene rings is 1. The van der Waals surface area contributed by atoms with Crippen LogP contribution in [0.2, 0.25) is 0 Å². The zero-order chi connectivity index (χ0) is 14.6. The number of nitrogens with zero attached hydrogens (tertiary/aromatic N) is 2. The predicted molar refractivity (Wildman–Crippen MR) is 87.5 cm³/mol. The molecule has 0 amide bonds. The molecule has 0 saturated carbocycles. The summed E-state index contributed by atoms with van der Waals surface area (Å²) < 4.78 is 2.27. The minimum atomic E-state index is 1.04. The van der Waals surface area contributed by atoms with Crippen molar-refractivity contribution < 1.29 is 0 Å². The molecule has 0 aliphatic carbocycles. The largest absolute Gasteiger partial charge is 0.384 e. The van der Waals surface area contributed by atoms with Crippen LogP contribution >= 0.6 is 0 Å². The molecule has 0 unspecified atom stereocenters. The van der Waals surface area contributed by atoms with Gasteiger partial charge in [-0.05, 0) is 68.1 Å². The molecule has 1 aromatic carbocycles. The summed E-state index contributed by atoms with van der Waals surface area (Å²) in [7, 11) is 0. The van der Waals surface area contributed by atoms with Crippen LogP contribution < -0.4 is 5.32 Å². The van der Waals surface area contributed by atoms with Crippen molar-refractivity contribution in [3.8, 4) is 5.69 Å². The van der Waals surface area contributed by atoms with Crippen molar-refractivity contribution in [2.75, 3.05) is 11.9 Å². The van der Waals surface area contributed by atoms with E-state index in [9.17, 15) is 0 Å². The fourth-order valence-electron chi connectivity index (χ4n) is 3.42. The molecule has 0 bridgehead atoms. The van der Waals surface area contributed by atoms with Gasteiger partial charge in [-0.15, -0.1) is 0 Å². The van der Waals surface area contributed by atoms with Crippen molar-refractivity contribution in [1.82, 2.24) is 9.55 Å². The molecule has 4 rings (SSSR count). The lowest BCUT2D eigenvalue weighted by Crippen LogP contribution is -2.00. The Kier molecular flexibility index (Phi) is 2.58. The Morgan fingerprint density at radius 2 is 1.95 bits per heavy atom. The average Bonchev–Trinajstić information content (AvgIpc) is 3.03. The molecule has 3 heterocycles. The van der Waals surface area contributed by atoms with Gasteiger partial charge in [-0.1, -0.05) is 0 Å². The number of anilines is 1. The Morgan fingerprint density at radius 1 is 1.10 bits per heavy atom. The molecule has 0 radical (unpaired) electrons. The molecular weight excluding hydrogens is 258 g/mol. The summed E-state index contributed by atoms with van der Waals surface area (Å²) in [6, 6.07) is 8.87. The second kappa shape index (κ2) is 4.35. The fourth-order valence-corrected chi connectivity index (χ4v) is 3.42. The zero-order valence-electron chi connectivity index (χ0n) is 12.7. The fraction of sp³-hybridized carbons (Fsp3) is 0.278. The molecule has 0 saturated heterocycles. The van der Waals surface area contributed by atoms with Crippen molar-refractivity contribution >= 4 is 16.7 Å². The van der Waals surface area contributed by atoms with E-state index in [0.717, 1.165) is 18.6 Å². The number of hydrogen-bond donors (Lipinski definition) is 1. The van der Waals surface area contributed by atoms with E-state index in [2.05, 4.69) is 59.9 Å². The van der Waals surface area contributed by atoms with Crippen LogP contribution in [-0.2, 0) is 6.42 Å². The highest BCUT2D eigenvalue weighted by Gasteiger charge is 2.16. The first-order chi connectivity index (χ1) is 10.1. The quantitative estimate of drug-likeness (QED) is 0.730. The van der Waals surface area contributed by atoms with Gasteiger partial charge in [0.2, 0.25) is 0 Å². The van der Waals surface area contributed by atoms with Gasteiger partial charge in [0.25, 0.3) is 0 Å². The summed E-state index contributed by atoms with van der Waals surface area (Å²) in [5, 5.41) is 4.72. The third-order valence-electron chi connectivity index (χ3n) is 4.46. The van der Waals surface area contributed by atoms with Gasteiger partial charge in [-0.25, -0.2) is 4.98 Å². The van der Waals surface area contributed by atoms with Crippen LogP contribution in [0.25, 0.3) is 16.7 Å². The smallest absolute Gasteiger partial charge is 0.144 e. The molecule has 0 spiro atoms. The van der Waals surface area contributed by atoms with E-state index in [1.54, 1.807) is 0 Å². The molecule has 1 aliphatic heterocycles. The number of aryl methyl sites for hydroxylation is 3. The Morgan fingerprint density at radius 3 is 2.81 bits per heavy atom. The molecule has 21 heavy (non-hydrogen) atoms. The number of rotatable bonds is 1. The van der Waals surface area contributed by atoms with E-state index in [4.69, 9.17) is 0 Å². The second-order valence-electron chi connectivity index (χ2n) is 5.96. The maximum atomic E-state index is 4.61. The number of aromatic nitrogens is 2. The number of nitrogens with one attached hydrogen (secondary N) is 1. The Hall–Kier alpha value is -2.29. The number of hydrogen-bond acceptors (Lipinski definition) is 2. The van der Waals surface area contributed by atoms with Crippen molar-refractivity contribution in [2.45, 2.75) is 27.2 Å². The zero-order valence-corrected chi connectivity index (χ0v) is 12.7. The predicted octanol–water partition coefficient (Wildman–Crippen LogP) is 3.92. The van der Waals surface area contributed by atoms with Gasteiger partial charge >= 0.3 is 0 Å². The minimum absolute atomic E-state index is 1.04. The van der Waals surface area contributed by atoms with Crippen molar-refractivity contribution in [1.29, 1.82) is 0 Å². The molecular formula is C18H19N3. The molecule has 3 heteroatoms. The van der Waals surface area contributed by atoms with E-state index in [0.29, 0.717) is 0 Å². The van der Waals surface area contributed by atoms with Gasteiger partial charge in [0, 0.05) is 35.2 Å². The average molecular weight is 277 g/mol. The third kappa shape index (κ3) is 1.77. The van der Waals surface area contributed by atoms with E-state index in [-0.39, 0.29) is 0 Å². The highest BCUT2D eigenvalue weighted by molar-refractivity contribution is 5.83. The molecule has 0 fully saturated rings. The molecule has 1 N–H and O–H groups in total. The normalized spacial score (nSPS) is 13.5. The lowest BCUT2D eigenvalue weighted by Gasteiger charge is -2.12. The van der Waals surface area contributed by atoms with Crippen LogP contribution in [0, 0.1) is 20.8 Å². The highest BCUT2D eigenvalue weighted by atomic mass is 15.0. The summed E-state index contributed by atoms with van der Waals surface area (Å²) in [5.41, 5.74) is 8.83. The van der Waals surface area contributed by atoms with E-state index < -0.39 is 0 Å². The van der Waals surface area contributed by atoms with Gasteiger partial charge < -0.3 is 5.32 Å². The summed E-state index contributed by atoms with van der Waals surface area (Å²) in [4.78, 5) is 4.61.